The molecule has 1 spiro atoms. The zero-order valence-corrected chi connectivity index (χ0v) is 18.0. The standard InChI is InChI=1S/C21H29N3O4S/c1-16-5-6-18(13-17(16)2)29(27,28)23-11-9-22(10-12-23)15-24-19(25)14-21(20(24)26)7-3-4-8-21/h5-6,13H,3-4,7-12,14-15H2,1-2H3. The zero-order valence-electron chi connectivity index (χ0n) is 17.2. The van der Waals surface area contributed by atoms with E-state index in [0.717, 1.165) is 36.8 Å². The van der Waals surface area contributed by atoms with Gasteiger partial charge in [-0.05, 0) is 49.9 Å². The summed E-state index contributed by atoms with van der Waals surface area (Å²) in [5, 5.41) is 0. The van der Waals surface area contributed by atoms with Crippen LogP contribution in [-0.4, -0.2) is 67.2 Å². The molecule has 158 valence electrons. The molecule has 0 atom stereocenters. The second-order valence-electron chi connectivity index (χ2n) is 8.70. The average Bonchev–Trinajstić information content (AvgIpc) is 3.25. The number of aryl methyl sites for hydroxylation is 2. The van der Waals surface area contributed by atoms with Crippen LogP contribution < -0.4 is 0 Å². The highest BCUT2D eigenvalue weighted by Gasteiger charge is 2.52. The molecule has 0 aromatic heterocycles. The number of rotatable bonds is 4. The smallest absolute Gasteiger partial charge is 0.243 e. The predicted molar refractivity (Wildman–Crippen MR) is 108 cm³/mol. The van der Waals surface area contributed by atoms with Crippen LogP contribution in [0.5, 0.6) is 0 Å². The SMILES string of the molecule is Cc1ccc(S(=O)(=O)N2CCN(CN3C(=O)CC4(CCCC4)C3=O)CC2)cc1C. The van der Waals surface area contributed by atoms with Gasteiger partial charge in [0, 0.05) is 32.6 Å². The lowest BCUT2D eigenvalue weighted by Crippen LogP contribution is -2.52. The summed E-state index contributed by atoms with van der Waals surface area (Å²) in [4.78, 5) is 29.0. The minimum atomic E-state index is -3.53. The Balaban J connectivity index is 1.39. The van der Waals surface area contributed by atoms with Crippen LogP contribution in [-0.2, 0) is 19.6 Å². The molecule has 0 radical (unpaired) electrons. The molecule has 1 aliphatic carbocycles. The van der Waals surface area contributed by atoms with Gasteiger partial charge in [0.05, 0.1) is 17.0 Å². The Kier molecular flexibility index (Phi) is 5.29. The lowest BCUT2D eigenvalue weighted by molar-refractivity contribution is -0.144. The van der Waals surface area contributed by atoms with Crippen LogP contribution in [0.25, 0.3) is 0 Å². The lowest BCUT2D eigenvalue weighted by atomic mass is 9.85. The van der Waals surface area contributed by atoms with Crippen LogP contribution in [0.2, 0.25) is 0 Å². The van der Waals surface area contributed by atoms with Crippen LogP contribution in [0, 0.1) is 19.3 Å². The molecular weight excluding hydrogens is 390 g/mol. The van der Waals surface area contributed by atoms with Crippen molar-refractivity contribution in [3.63, 3.8) is 0 Å². The Morgan fingerprint density at radius 2 is 1.62 bits per heavy atom. The maximum absolute atomic E-state index is 13.0. The topological polar surface area (TPSA) is 78.0 Å². The van der Waals surface area contributed by atoms with Gasteiger partial charge >= 0.3 is 0 Å². The third kappa shape index (κ3) is 3.62. The highest BCUT2D eigenvalue weighted by molar-refractivity contribution is 7.89. The molecule has 2 saturated heterocycles. The van der Waals surface area contributed by atoms with E-state index in [-0.39, 0.29) is 18.5 Å². The number of amides is 2. The van der Waals surface area contributed by atoms with E-state index in [1.807, 2.05) is 24.8 Å². The van der Waals surface area contributed by atoms with E-state index in [9.17, 15) is 18.0 Å². The van der Waals surface area contributed by atoms with Gasteiger partial charge in [0.25, 0.3) is 0 Å². The molecule has 0 unspecified atom stereocenters. The second-order valence-corrected chi connectivity index (χ2v) is 10.6. The van der Waals surface area contributed by atoms with Crippen molar-refractivity contribution in [1.29, 1.82) is 0 Å². The quantitative estimate of drug-likeness (QED) is 0.697. The highest BCUT2D eigenvalue weighted by Crippen LogP contribution is 2.46. The molecule has 0 N–H and O–H groups in total. The van der Waals surface area contributed by atoms with Gasteiger partial charge in [-0.25, -0.2) is 8.42 Å². The van der Waals surface area contributed by atoms with E-state index in [4.69, 9.17) is 0 Å². The van der Waals surface area contributed by atoms with Gasteiger partial charge < -0.3 is 0 Å². The normalized spacial score (nSPS) is 23.4. The van der Waals surface area contributed by atoms with E-state index in [1.165, 1.54) is 9.21 Å². The van der Waals surface area contributed by atoms with Gasteiger partial charge in [0.15, 0.2) is 0 Å². The molecule has 3 aliphatic rings. The predicted octanol–water partition coefficient (Wildman–Crippen LogP) is 1.89. The minimum absolute atomic E-state index is 0.0230. The average molecular weight is 420 g/mol. The van der Waals surface area contributed by atoms with Gasteiger partial charge in [0.2, 0.25) is 21.8 Å². The number of nitrogens with zero attached hydrogens (tertiary/aromatic N) is 3. The Morgan fingerprint density at radius 1 is 0.966 bits per heavy atom. The summed E-state index contributed by atoms with van der Waals surface area (Å²) in [6.45, 7) is 5.88. The van der Waals surface area contributed by atoms with Gasteiger partial charge in [-0.1, -0.05) is 18.9 Å². The van der Waals surface area contributed by atoms with E-state index < -0.39 is 15.4 Å². The Hall–Kier alpha value is -1.77. The van der Waals surface area contributed by atoms with Crippen LogP contribution in [0.1, 0.15) is 43.2 Å². The fourth-order valence-corrected chi connectivity index (χ4v) is 6.29. The van der Waals surface area contributed by atoms with E-state index in [1.54, 1.807) is 12.1 Å². The summed E-state index contributed by atoms with van der Waals surface area (Å²) in [5.41, 5.74) is 1.57. The summed E-state index contributed by atoms with van der Waals surface area (Å²) >= 11 is 0. The number of carbonyl (C=O) groups excluding carboxylic acids is 2. The molecule has 8 heteroatoms. The molecule has 2 amide bonds. The highest BCUT2D eigenvalue weighted by atomic mass is 32.2. The Morgan fingerprint density at radius 3 is 2.24 bits per heavy atom. The molecule has 4 rings (SSSR count). The van der Waals surface area contributed by atoms with Gasteiger partial charge in [-0.3, -0.25) is 19.4 Å². The van der Waals surface area contributed by atoms with Crippen LogP contribution in [0.15, 0.2) is 23.1 Å². The number of imide groups is 1. The number of hydrogen-bond donors (Lipinski definition) is 0. The summed E-state index contributed by atoms with van der Waals surface area (Å²) in [6.07, 6.45) is 4.00. The van der Waals surface area contributed by atoms with Crippen molar-refractivity contribution in [2.45, 2.75) is 50.8 Å². The molecular formula is C21H29N3O4S. The van der Waals surface area contributed by atoms with Gasteiger partial charge in [-0.15, -0.1) is 0 Å². The number of benzene rings is 1. The first kappa shape index (κ1) is 20.5. The molecule has 2 heterocycles. The zero-order chi connectivity index (χ0) is 20.8. The van der Waals surface area contributed by atoms with Crippen molar-refractivity contribution in [1.82, 2.24) is 14.1 Å². The van der Waals surface area contributed by atoms with Crippen molar-refractivity contribution in [3.05, 3.63) is 29.3 Å². The van der Waals surface area contributed by atoms with Gasteiger partial charge in [-0.2, -0.15) is 4.31 Å². The first-order valence-corrected chi connectivity index (χ1v) is 11.8. The number of hydrogen-bond acceptors (Lipinski definition) is 5. The van der Waals surface area contributed by atoms with Crippen LogP contribution in [0.3, 0.4) is 0 Å². The summed E-state index contributed by atoms with van der Waals surface area (Å²) < 4.78 is 27.4. The Bertz CT molecular complexity index is 929. The maximum atomic E-state index is 13.0. The van der Waals surface area contributed by atoms with Crippen molar-refractivity contribution in [3.8, 4) is 0 Å². The number of piperazine rings is 1. The van der Waals surface area contributed by atoms with Crippen LogP contribution >= 0.6 is 0 Å². The fraction of sp³-hybridized carbons (Fsp3) is 0.619. The number of likely N-dealkylation sites (tertiary alicyclic amines) is 1. The van der Waals surface area contributed by atoms with E-state index >= 15 is 0 Å². The first-order valence-electron chi connectivity index (χ1n) is 10.4. The molecule has 0 bridgehead atoms. The van der Waals surface area contributed by atoms with E-state index in [2.05, 4.69) is 0 Å². The number of sulfonamides is 1. The summed E-state index contributed by atoms with van der Waals surface area (Å²) in [6, 6.07) is 5.22. The monoisotopic (exact) mass is 419 g/mol. The molecule has 1 aromatic rings. The molecule has 2 aliphatic heterocycles. The fourth-order valence-electron chi connectivity index (χ4n) is 4.78. The maximum Gasteiger partial charge on any atom is 0.243 e. The van der Waals surface area contributed by atoms with Crippen molar-refractivity contribution in [2.24, 2.45) is 5.41 Å². The van der Waals surface area contributed by atoms with Crippen molar-refractivity contribution in [2.75, 3.05) is 32.8 Å². The third-order valence-corrected chi connectivity index (χ3v) is 8.73. The molecule has 1 saturated carbocycles. The minimum Gasteiger partial charge on any atom is -0.283 e. The lowest BCUT2D eigenvalue weighted by Gasteiger charge is -2.35. The second kappa shape index (κ2) is 7.49. The molecule has 29 heavy (non-hydrogen) atoms. The summed E-state index contributed by atoms with van der Waals surface area (Å²) in [5.74, 6) is -0.104. The van der Waals surface area contributed by atoms with E-state index in [0.29, 0.717) is 37.5 Å². The van der Waals surface area contributed by atoms with Crippen molar-refractivity contribution >= 4 is 21.8 Å². The first-order chi connectivity index (χ1) is 13.7. The molecule has 1 aromatic carbocycles. The van der Waals surface area contributed by atoms with Gasteiger partial charge in [0.1, 0.15) is 0 Å². The summed E-state index contributed by atoms with van der Waals surface area (Å²) in [7, 11) is -3.53. The Labute approximate surface area is 172 Å². The largest absolute Gasteiger partial charge is 0.283 e. The van der Waals surface area contributed by atoms with Crippen LogP contribution in [0.4, 0.5) is 0 Å². The third-order valence-electron chi connectivity index (χ3n) is 6.84. The van der Waals surface area contributed by atoms with Crippen molar-refractivity contribution < 1.29 is 18.0 Å². The number of carbonyl (C=O) groups is 2. The molecule has 3 fully saturated rings. The molecule has 7 nitrogen and oxygen atoms in total.